The molecule has 0 unspecified atom stereocenters. The van der Waals surface area contributed by atoms with Gasteiger partial charge in [0.25, 0.3) is 9.12 Å². The van der Waals surface area contributed by atoms with Gasteiger partial charge in [-0.1, -0.05) is 48.0 Å². The molecule has 1 aliphatic heterocycles. The van der Waals surface area contributed by atoms with Crippen LogP contribution in [0.15, 0.2) is 42.5 Å². The van der Waals surface area contributed by atoms with Crippen LogP contribution in [0.3, 0.4) is 0 Å². The summed E-state index contributed by atoms with van der Waals surface area (Å²) in [4.78, 5) is 0. The van der Waals surface area contributed by atoms with E-state index in [-0.39, 0.29) is 11.1 Å². The Labute approximate surface area is 168 Å². The lowest BCUT2D eigenvalue weighted by atomic mass is 10.0. The molecule has 0 N–H and O–H groups in total. The van der Waals surface area contributed by atoms with Crippen molar-refractivity contribution in [2.24, 2.45) is 0 Å². The highest BCUT2D eigenvalue weighted by atomic mass is 28.3. The number of benzene rings is 2. The predicted octanol–water partition coefficient (Wildman–Crippen LogP) is 5.22. The summed E-state index contributed by atoms with van der Waals surface area (Å²) in [5, 5.41) is 1.57. The summed E-state index contributed by atoms with van der Waals surface area (Å²) in [6, 6.07) is 15.7. The molecule has 0 amide bonds. The average Bonchev–Trinajstić information content (AvgIpc) is 2.46. The fourth-order valence-corrected chi connectivity index (χ4v) is 8.13. The number of hydrogen-bond acceptors (Lipinski definition) is 2. The maximum Gasteiger partial charge on any atom is 0.271 e. The molecule has 0 aromatic heterocycles. The summed E-state index contributed by atoms with van der Waals surface area (Å²) >= 11 is 0. The summed E-state index contributed by atoms with van der Waals surface area (Å²) in [6.07, 6.45) is 0.334. The second-order valence-corrected chi connectivity index (χ2v) is 12.1. The highest BCUT2D eigenvalue weighted by Gasteiger charge is 2.58. The van der Waals surface area contributed by atoms with Crippen molar-refractivity contribution in [3.05, 3.63) is 64.7 Å². The molecule has 0 saturated carbocycles. The lowest BCUT2D eigenvalue weighted by molar-refractivity contribution is -0.0289. The van der Waals surface area contributed by atoms with Crippen LogP contribution in [0.1, 0.15) is 70.0 Å². The van der Waals surface area contributed by atoms with Gasteiger partial charge in [0.2, 0.25) is 0 Å². The van der Waals surface area contributed by atoms with Gasteiger partial charge in [-0.2, -0.15) is 0 Å². The van der Waals surface area contributed by atoms with Gasteiger partial charge in [-0.05, 0) is 84.2 Å². The fourth-order valence-electron chi connectivity index (χ4n) is 4.47. The lowest BCUT2D eigenvalue weighted by Gasteiger charge is -2.66. The second kappa shape index (κ2) is 6.88. The molecule has 3 rings (SSSR count). The summed E-state index contributed by atoms with van der Waals surface area (Å²) in [5.74, 6) is 0. The number of aryl methyl sites for hydroxylation is 3. The Balaban J connectivity index is 2.19. The molecular formula is C24H35N2Si. The van der Waals surface area contributed by atoms with Crippen molar-refractivity contribution in [3.8, 4) is 0 Å². The Bertz CT molecular complexity index is 770. The van der Waals surface area contributed by atoms with E-state index in [0.717, 1.165) is 0 Å². The lowest BCUT2D eigenvalue weighted by Crippen LogP contribution is -2.82. The van der Waals surface area contributed by atoms with Crippen molar-refractivity contribution < 1.29 is 0 Å². The number of nitrogens with zero attached hydrogens (tertiary/aromatic N) is 2. The molecule has 2 nitrogen and oxygen atoms in total. The molecule has 2 aromatic rings. The first-order valence-electron chi connectivity index (χ1n) is 10.0. The van der Waals surface area contributed by atoms with Crippen LogP contribution in [-0.4, -0.2) is 29.3 Å². The van der Waals surface area contributed by atoms with Crippen LogP contribution in [0.5, 0.6) is 0 Å². The quantitative estimate of drug-likeness (QED) is 0.660. The Morgan fingerprint density at radius 3 is 1.59 bits per heavy atom. The van der Waals surface area contributed by atoms with Crippen LogP contribution in [0.25, 0.3) is 0 Å². The van der Waals surface area contributed by atoms with E-state index in [2.05, 4.69) is 114 Å². The van der Waals surface area contributed by atoms with E-state index in [1.54, 1.807) is 5.19 Å². The van der Waals surface area contributed by atoms with Gasteiger partial charge in [-0.3, -0.25) is 9.13 Å². The molecule has 145 valence electrons. The standard InChI is InChI=1S/C24H35N2Si/c1-17-15-18(2)21(19(3)16-17)27-25(23(4,5)6)22(26(27)24(7,8)9)20-13-11-10-12-14-20/h10-16,22H,1-9H3. The van der Waals surface area contributed by atoms with Gasteiger partial charge in [0.1, 0.15) is 0 Å². The molecule has 0 spiro atoms. The maximum absolute atomic E-state index is 2.79. The minimum atomic E-state index is -1.02. The third-order valence-electron chi connectivity index (χ3n) is 5.39. The zero-order valence-corrected chi connectivity index (χ0v) is 19.5. The molecule has 0 atom stereocenters. The van der Waals surface area contributed by atoms with E-state index in [0.29, 0.717) is 6.17 Å². The molecule has 1 heterocycles. The largest absolute Gasteiger partial charge is 0.285 e. The van der Waals surface area contributed by atoms with Crippen molar-refractivity contribution in [1.29, 1.82) is 0 Å². The monoisotopic (exact) mass is 379 g/mol. The van der Waals surface area contributed by atoms with Crippen LogP contribution in [-0.2, 0) is 0 Å². The third kappa shape index (κ3) is 3.65. The van der Waals surface area contributed by atoms with Crippen molar-refractivity contribution in [3.63, 3.8) is 0 Å². The smallest absolute Gasteiger partial charge is 0.271 e. The summed E-state index contributed by atoms with van der Waals surface area (Å²) in [5.41, 5.74) is 5.87. The van der Waals surface area contributed by atoms with Crippen LogP contribution in [0.4, 0.5) is 0 Å². The minimum Gasteiger partial charge on any atom is -0.285 e. The topological polar surface area (TPSA) is 6.48 Å². The van der Waals surface area contributed by atoms with E-state index >= 15 is 0 Å². The zero-order valence-electron chi connectivity index (χ0n) is 18.5. The Morgan fingerprint density at radius 2 is 1.19 bits per heavy atom. The van der Waals surface area contributed by atoms with Gasteiger partial charge in [0, 0.05) is 11.1 Å². The molecule has 2 aromatic carbocycles. The normalized spacial score (nSPS) is 18.0. The van der Waals surface area contributed by atoms with Crippen LogP contribution >= 0.6 is 0 Å². The average molecular weight is 380 g/mol. The molecule has 1 radical (unpaired) electrons. The minimum absolute atomic E-state index is 0.111. The van der Waals surface area contributed by atoms with Gasteiger partial charge in [0.05, 0.1) is 6.17 Å². The van der Waals surface area contributed by atoms with Crippen molar-refractivity contribution in [2.75, 3.05) is 0 Å². The van der Waals surface area contributed by atoms with Crippen molar-refractivity contribution in [1.82, 2.24) is 9.13 Å². The SMILES string of the molecule is Cc1cc(C)c([Si]2N(C(C)(C)C)C(c3ccccc3)N2C(C)(C)C)c(C)c1. The highest BCUT2D eigenvalue weighted by molar-refractivity contribution is 6.71. The van der Waals surface area contributed by atoms with E-state index in [1.807, 2.05) is 0 Å². The van der Waals surface area contributed by atoms with E-state index in [1.165, 1.54) is 22.3 Å². The van der Waals surface area contributed by atoms with E-state index in [9.17, 15) is 0 Å². The third-order valence-corrected chi connectivity index (χ3v) is 9.37. The van der Waals surface area contributed by atoms with E-state index < -0.39 is 9.12 Å². The molecule has 3 heteroatoms. The Hall–Kier alpha value is -1.42. The van der Waals surface area contributed by atoms with Gasteiger partial charge < -0.3 is 0 Å². The molecular weight excluding hydrogens is 344 g/mol. The molecule has 1 aliphatic rings. The van der Waals surface area contributed by atoms with E-state index in [4.69, 9.17) is 0 Å². The zero-order chi connectivity index (χ0) is 20.1. The van der Waals surface area contributed by atoms with Crippen molar-refractivity contribution >= 4 is 14.3 Å². The Kier molecular flexibility index (Phi) is 5.17. The van der Waals surface area contributed by atoms with Crippen LogP contribution in [0.2, 0.25) is 0 Å². The number of rotatable bonds is 2. The molecule has 1 fully saturated rings. The molecule has 1 saturated heterocycles. The predicted molar refractivity (Wildman–Crippen MR) is 118 cm³/mol. The first-order chi connectivity index (χ1) is 12.4. The van der Waals surface area contributed by atoms with Gasteiger partial charge in [-0.15, -0.1) is 0 Å². The van der Waals surface area contributed by atoms with Crippen LogP contribution < -0.4 is 5.19 Å². The van der Waals surface area contributed by atoms with Gasteiger partial charge >= 0.3 is 0 Å². The summed E-state index contributed by atoms with van der Waals surface area (Å²) in [6.45, 7) is 21.0. The second-order valence-electron chi connectivity index (χ2n) is 9.96. The summed E-state index contributed by atoms with van der Waals surface area (Å²) < 4.78 is 5.59. The molecule has 27 heavy (non-hydrogen) atoms. The fraction of sp³-hybridized carbons (Fsp3) is 0.500. The maximum atomic E-state index is 2.79. The van der Waals surface area contributed by atoms with Crippen LogP contribution in [0, 0.1) is 20.8 Å². The first kappa shape index (κ1) is 20.3. The van der Waals surface area contributed by atoms with Crippen molar-refractivity contribution in [2.45, 2.75) is 79.6 Å². The molecule has 0 bridgehead atoms. The number of hydrogen-bond donors (Lipinski definition) is 0. The highest BCUT2D eigenvalue weighted by Crippen LogP contribution is 2.46. The van der Waals surface area contributed by atoms with Gasteiger partial charge in [0.15, 0.2) is 0 Å². The molecule has 0 aliphatic carbocycles. The summed E-state index contributed by atoms with van der Waals surface area (Å²) in [7, 11) is -1.02. The Morgan fingerprint density at radius 1 is 0.741 bits per heavy atom. The van der Waals surface area contributed by atoms with Gasteiger partial charge in [-0.25, -0.2) is 0 Å². The first-order valence-corrected chi connectivity index (χ1v) is 11.4.